The van der Waals surface area contributed by atoms with Crippen molar-refractivity contribution in [2.75, 3.05) is 13.1 Å². The smallest absolute Gasteiger partial charge is 0.264 e. The van der Waals surface area contributed by atoms with Gasteiger partial charge in [-0.15, -0.1) is 0 Å². The second-order valence-electron chi connectivity index (χ2n) is 7.54. The zero-order valence-corrected chi connectivity index (χ0v) is 17.6. The molecule has 148 valence electrons. The first kappa shape index (κ1) is 22.5. The second kappa shape index (κ2) is 9.96. The number of hydrogen-bond acceptors (Lipinski definition) is 3. The number of rotatable bonds is 8. The standard InChI is InChI=1S/C21H32N4O2/c1-8-24(13-20(26)23-15(4)5)21(27)19(11-22)10-18-9-16(6)25(17(18)7)12-14(2)3/h9-10,14-15H,8,12-13H2,1-7H3,(H,23,26)/b19-10-. The number of nitriles is 1. The van der Waals surface area contributed by atoms with Crippen molar-refractivity contribution in [3.05, 3.63) is 28.6 Å². The van der Waals surface area contributed by atoms with Crippen LogP contribution in [0.4, 0.5) is 0 Å². The van der Waals surface area contributed by atoms with Crippen molar-refractivity contribution in [3.63, 3.8) is 0 Å². The number of nitrogens with one attached hydrogen (secondary N) is 1. The van der Waals surface area contributed by atoms with Crippen LogP contribution in [0.2, 0.25) is 0 Å². The lowest BCUT2D eigenvalue weighted by atomic mass is 10.1. The molecule has 1 aromatic heterocycles. The summed E-state index contributed by atoms with van der Waals surface area (Å²) in [5, 5.41) is 12.3. The van der Waals surface area contributed by atoms with Crippen molar-refractivity contribution in [1.82, 2.24) is 14.8 Å². The van der Waals surface area contributed by atoms with Gasteiger partial charge in [-0.1, -0.05) is 13.8 Å². The van der Waals surface area contributed by atoms with Crippen LogP contribution in [-0.4, -0.2) is 40.4 Å². The van der Waals surface area contributed by atoms with Gasteiger partial charge in [0.05, 0.1) is 6.54 Å². The van der Waals surface area contributed by atoms with E-state index in [2.05, 4.69) is 23.7 Å². The third kappa shape index (κ3) is 6.28. The molecule has 0 aliphatic heterocycles. The lowest BCUT2D eigenvalue weighted by Crippen LogP contribution is -2.43. The van der Waals surface area contributed by atoms with Gasteiger partial charge in [-0.2, -0.15) is 5.26 Å². The van der Waals surface area contributed by atoms with E-state index in [1.807, 2.05) is 39.8 Å². The van der Waals surface area contributed by atoms with E-state index in [4.69, 9.17) is 0 Å². The monoisotopic (exact) mass is 372 g/mol. The molecule has 0 aliphatic carbocycles. The highest BCUT2D eigenvalue weighted by atomic mass is 16.2. The number of amides is 2. The number of aromatic nitrogens is 1. The van der Waals surface area contributed by atoms with Crippen LogP contribution in [0.3, 0.4) is 0 Å². The molecule has 0 radical (unpaired) electrons. The molecule has 1 heterocycles. The van der Waals surface area contributed by atoms with E-state index in [-0.39, 0.29) is 24.1 Å². The van der Waals surface area contributed by atoms with Gasteiger partial charge in [0.25, 0.3) is 5.91 Å². The SMILES string of the molecule is CCN(CC(=O)NC(C)C)C(=O)/C(C#N)=C\c1cc(C)n(CC(C)C)c1C. The number of likely N-dealkylation sites (N-methyl/N-ethyl adjacent to an activating group) is 1. The molecule has 2 amide bonds. The van der Waals surface area contributed by atoms with Crippen LogP contribution in [-0.2, 0) is 16.1 Å². The van der Waals surface area contributed by atoms with E-state index in [0.29, 0.717) is 12.5 Å². The minimum atomic E-state index is -0.424. The third-order valence-electron chi connectivity index (χ3n) is 4.26. The summed E-state index contributed by atoms with van der Waals surface area (Å²) in [5.41, 5.74) is 3.03. The van der Waals surface area contributed by atoms with Gasteiger partial charge in [0.2, 0.25) is 5.91 Å². The van der Waals surface area contributed by atoms with Gasteiger partial charge in [0, 0.05) is 30.5 Å². The van der Waals surface area contributed by atoms with E-state index in [0.717, 1.165) is 23.5 Å². The Morgan fingerprint density at radius 1 is 1.30 bits per heavy atom. The Hall–Kier alpha value is -2.55. The van der Waals surface area contributed by atoms with E-state index >= 15 is 0 Å². The molecule has 1 rings (SSSR count). The molecule has 0 aliphatic rings. The zero-order chi connectivity index (χ0) is 20.7. The molecular weight excluding hydrogens is 340 g/mol. The maximum Gasteiger partial charge on any atom is 0.264 e. The lowest BCUT2D eigenvalue weighted by Gasteiger charge is -2.20. The van der Waals surface area contributed by atoms with Gasteiger partial charge in [0.15, 0.2) is 0 Å². The van der Waals surface area contributed by atoms with Gasteiger partial charge in [-0.25, -0.2) is 0 Å². The summed E-state index contributed by atoms with van der Waals surface area (Å²) in [4.78, 5) is 26.1. The van der Waals surface area contributed by atoms with Gasteiger partial charge in [0.1, 0.15) is 11.6 Å². The van der Waals surface area contributed by atoms with Crippen LogP contribution in [0.5, 0.6) is 0 Å². The Balaban J connectivity index is 3.10. The lowest BCUT2D eigenvalue weighted by molar-refractivity contribution is -0.132. The molecule has 0 fully saturated rings. The quantitative estimate of drug-likeness (QED) is 0.563. The molecule has 0 unspecified atom stereocenters. The van der Waals surface area contributed by atoms with Crippen LogP contribution >= 0.6 is 0 Å². The van der Waals surface area contributed by atoms with Crippen molar-refractivity contribution in [2.45, 2.75) is 61.1 Å². The molecule has 0 spiro atoms. The molecule has 0 aromatic carbocycles. The Morgan fingerprint density at radius 2 is 1.93 bits per heavy atom. The summed E-state index contributed by atoms with van der Waals surface area (Å²) >= 11 is 0. The first-order chi connectivity index (χ1) is 12.6. The number of aryl methyl sites for hydroxylation is 1. The molecule has 27 heavy (non-hydrogen) atoms. The fourth-order valence-electron chi connectivity index (χ4n) is 2.96. The molecule has 0 saturated heterocycles. The van der Waals surface area contributed by atoms with Crippen molar-refractivity contribution < 1.29 is 9.59 Å². The van der Waals surface area contributed by atoms with E-state index in [1.54, 1.807) is 13.0 Å². The van der Waals surface area contributed by atoms with E-state index in [9.17, 15) is 14.9 Å². The summed E-state index contributed by atoms with van der Waals surface area (Å²) in [6.45, 7) is 15.0. The minimum Gasteiger partial charge on any atom is -0.352 e. The fourth-order valence-corrected chi connectivity index (χ4v) is 2.96. The Bertz CT molecular complexity index is 751. The van der Waals surface area contributed by atoms with Gasteiger partial charge < -0.3 is 14.8 Å². The summed E-state index contributed by atoms with van der Waals surface area (Å²) in [5.74, 6) is -0.154. The molecule has 0 bridgehead atoms. The predicted octanol–water partition coefficient (Wildman–Crippen LogP) is 3.04. The van der Waals surface area contributed by atoms with Crippen molar-refractivity contribution in [1.29, 1.82) is 5.26 Å². The van der Waals surface area contributed by atoms with E-state index in [1.165, 1.54) is 4.90 Å². The molecular formula is C21H32N4O2. The largest absolute Gasteiger partial charge is 0.352 e. The normalized spacial score (nSPS) is 11.6. The molecule has 1 N–H and O–H groups in total. The van der Waals surface area contributed by atoms with Crippen molar-refractivity contribution in [2.24, 2.45) is 5.92 Å². The average Bonchev–Trinajstić information content (AvgIpc) is 2.83. The second-order valence-corrected chi connectivity index (χ2v) is 7.54. The minimum absolute atomic E-state index is 0.00336. The molecule has 0 saturated carbocycles. The Kier molecular flexibility index (Phi) is 8.30. The van der Waals surface area contributed by atoms with Crippen LogP contribution in [0.25, 0.3) is 6.08 Å². The average molecular weight is 373 g/mol. The van der Waals surface area contributed by atoms with Gasteiger partial charge in [-0.05, 0) is 58.2 Å². The Labute approximate surface area is 162 Å². The first-order valence-corrected chi connectivity index (χ1v) is 9.47. The maximum absolute atomic E-state index is 12.8. The zero-order valence-electron chi connectivity index (χ0n) is 17.6. The fraction of sp³-hybridized carbons (Fsp3) is 0.571. The first-order valence-electron chi connectivity index (χ1n) is 9.47. The third-order valence-corrected chi connectivity index (χ3v) is 4.26. The number of hydrogen-bond donors (Lipinski definition) is 1. The van der Waals surface area contributed by atoms with Gasteiger partial charge >= 0.3 is 0 Å². The van der Waals surface area contributed by atoms with Crippen LogP contribution in [0.1, 0.15) is 51.6 Å². The molecule has 0 atom stereocenters. The van der Waals surface area contributed by atoms with Crippen LogP contribution in [0, 0.1) is 31.1 Å². The highest BCUT2D eigenvalue weighted by Crippen LogP contribution is 2.20. The molecule has 6 nitrogen and oxygen atoms in total. The van der Waals surface area contributed by atoms with Gasteiger partial charge in [-0.3, -0.25) is 9.59 Å². The number of carbonyl (C=O) groups is 2. The summed E-state index contributed by atoms with van der Waals surface area (Å²) in [7, 11) is 0. The summed E-state index contributed by atoms with van der Waals surface area (Å²) in [6, 6.07) is 4.00. The van der Waals surface area contributed by atoms with Crippen molar-refractivity contribution >= 4 is 17.9 Å². The molecule has 1 aromatic rings. The topological polar surface area (TPSA) is 78.1 Å². The summed E-state index contributed by atoms with van der Waals surface area (Å²) < 4.78 is 2.20. The summed E-state index contributed by atoms with van der Waals surface area (Å²) in [6.07, 6.45) is 1.63. The highest BCUT2D eigenvalue weighted by molar-refractivity contribution is 6.03. The Morgan fingerprint density at radius 3 is 2.41 bits per heavy atom. The highest BCUT2D eigenvalue weighted by Gasteiger charge is 2.21. The van der Waals surface area contributed by atoms with Crippen molar-refractivity contribution in [3.8, 4) is 6.07 Å². The molecule has 6 heteroatoms. The predicted molar refractivity (Wildman–Crippen MR) is 108 cm³/mol. The number of carbonyl (C=O) groups excluding carboxylic acids is 2. The van der Waals surface area contributed by atoms with E-state index < -0.39 is 5.91 Å². The maximum atomic E-state index is 12.8. The van der Waals surface area contributed by atoms with Crippen LogP contribution in [0.15, 0.2) is 11.6 Å². The van der Waals surface area contributed by atoms with Crippen LogP contribution < -0.4 is 5.32 Å². The number of nitrogens with zero attached hydrogens (tertiary/aromatic N) is 3.